The third-order valence-electron chi connectivity index (χ3n) is 3.28. The van der Waals surface area contributed by atoms with Crippen molar-refractivity contribution >= 4 is 40.4 Å². The van der Waals surface area contributed by atoms with Gasteiger partial charge in [0.05, 0.1) is 5.57 Å². The molecular formula is C15H7IO5. The Morgan fingerprint density at radius 1 is 0.905 bits per heavy atom. The normalized spacial score (nSPS) is 17.7. The molecule has 0 atom stereocenters. The minimum atomic E-state index is -0.691. The molecule has 0 amide bonds. The Morgan fingerprint density at radius 2 is 1.48 bits per heavy atom. The van der Waals surface area contributed by atoms with Crippen molar-refractivity contribution in [1.29, 1.82) is 0 Å². The molecule has 0 saturated heterocycles. The van der Waals surface area contributed by atoms with Gasteiger partial charge in [0.25, 0.3) is 5.78 Å². The van der Waals surface area contributed by atoms with E-state index in [2.05, 4.69) is 0 Å². The Morgan fingerprint density at radius 3 is 2.00 bits per heavy atom. The number of aliphatic hydroxyl groups is 1. The van der Waals surface area contributed by atoms with Gasteiger partial charge in [0, 0.05) is 11.1 Å². The van der Waals surface area contributed by atoms with Crippen LogP contribution in [0.2, 0.25) is 0 Å². The van der Waals surface area contributed by atoms with Crippen LogP contribution in [0.5, 0.6) is 0 Å². The molecule has 3 rings (SSSR count). The van der Waals surface area contributed by atoms with Crippen LogP contribution in [-0.2, 0) is 7.86 Å². The van der Waals surface area contributed by atoms with E-state index in [9.17, 15) is 19.5 Å². The van der Waals surface area contributed by atoms with Crippen LogP contribution in [0.4, 0.5) is 0 Å². The molecule has 5 nitrogen and oxygen atoms in total. The van der Waals surface area contributed by atoms with E-state index in [1.54, 1.807) is 24.3 Å². The third kappa shape index (κ3) is 2.02. The summed E-state index contributed by atoms with van der Waals surface area (Å²) in [4.78, 5) is 36.3. The predicted molar refractivity (Wildman–Crippen MR) is 81.0 cm³/mol. The summed E-state index contributed by atoms with van der Waals surface area (Å²) >= 11 is 1.50. The summed E-state index contributed by atoms with van der Waals surface area (Å²) in [5.74, 6) is -2.23. The minimum absolute atomic E-state index is 0.0683. The first-order valence-electron chi connectivity index (χ1n) is 5.93. The number of ketones is 3. The lowest BCUT2D eigenvalue weighted by atomic mass is 9.97. The van der Waals surface area contributed by atoms with Gasteiger partial charge in [0.2, 0.25) is 0 Å². The van der Waals surface area contributed by atoms with Gasteiger partial charge in [-0.25, -0.2) is 0 Å². The maximum atomic E-state index is 12.3. The molecule has 0 heterocycles. The van der Waals surface area contributed by atoms with Crippen LogP contribution in [-0.4, -0.2) is 22.5 Å². The predicted octanol–water partition coefficient (Wildman–Crippen LogP) is 2.64. The van der Waals surface area contributed by atoms with Gasteiger partial charge in [-0.2, -0.15) is 0 Å². The number of benzene rings is 1. The molecule has 2 aliphatic carbocycles. The Balaban J connectivity index is 2.22. The minimum Gasteiger partial charge on any atom is -0.504 e. The Labute approximate surface area is 133 Å². The molecule has 0 spiro atoms. The number of aliphatic hydroxyl groups excluding tert-OH is 1. The van der Waals surface area contributed by atoms with Crippen molar-refractivity contribution in [2.24, 2.45) is 0 Å². The molecule has 6 heteroatoms. The van der Waals surface area contributed by atoms with E-state index in [1.165, 1.54) is 29.1 Å². The fourth-order valence-electron chi connectivity index (χ4n) is 2.30. The molecule has 0 unspecified atom stereocenters. The fraction of sp³-hybridized carbons (Fsp3) is 0. The summed E-state index contributed by atoms with van der Waals surface area (Å²) in [6.07, 6.45) is 2.39. The summed E-state index contributed by atoms with van der Waals surface area (Å²) in [5.41, 5.74) is 0.742. The van der Waals surface area contributed by atoms with Gasteiger partial charge in [0.15, 0.2) is 46.1 Å². The highest BCUT2D eigenvalue weighted by molar-refractivity contribution is 14.1. The third-order valence-corrected chi connectivity index (χ3v) is 3.75. The first-order valence-corrected chi connectivity index (χ1v) is 6.81. The number of hydrogen-bond donors (Lipinski definition) is 1. The van der Waals surface area contributed by atoms with Crippen LogP contribution in [0.25, 0.3) is 0 Å². The molecule has 0 fully saturated rings. The molecule has 0 bridgehead atoms. The lowest BCUT2D eigenvalue weighted by molar-refractivity contribution is -0.116. The molecule has 2 aliphatic rings. The molecule has 0 radical (unpaired) electrons. The molecule has 0 saturated carbocycles. The van der Waals surface area contributed by atoms with Crippen molar-refractivity contribution in [2.45, 2.75) is 0 Å². The summed E-state index contributed by atoms with van der Waals surface area (Å²) in [6, 6.07) is 6.48. The van der Waals surface area contributed by atoms with Crippen LogP contribution >= 0.6 is 23.0 Å². The van der Waals surface area contributed by atoms with Gasteiger partial charge in [0.1, 0.15) is 0 Å². The summed E-state index contributed by atoms with van der Waals surface area (Å²) < 4.78 is 4.84. The number of fused-ring (bicyclic) bond motifs is 1. The molecule has 1 aromatic carbocycles. The van der Waals surface area contributed by atoms with Crippen molar-refractivity contribution in [3.63, 3.8) is 0 Å². The zero-order valence-electron chi connectivity index (χ0n) is 10.4. The van der Waals surface area contributed by atoms with E-state index in [1.807, 2.05) is 0 Å². The Hall–Kier alpha value is -2.22. The van der Waals surface area contributed by atoms with Gasteiger partial charge in [-0.15, -0.1) is 0 Å². The van der Waals surface area contributed by atoms with Gasteiger partial charge in [-0.3, -0.25) is 14.4 Å². The van der Waals surface area contributed by atoms with Crippen LogP contribution in [0.15, 0.2) is 59.1 Å². The maximum Gasteiger partial charge on any atom is 0.262 e. The number of Topliss-reactive ketones (excluding diaryl/α,β-unsaturated/α-hetero) is 3. The van der Waals surface area contributed by atoms with Crippen molar-refractivity contribution in [3.05, 3.63) is 70.2 Å². The topological polar surface area (TPSA) is 80.7 Å². The van der Waals surface area contributed by atoms with E-state index in [0.29, 0.717) is 11.1 Å². The summed E-state index contributed by atoms with van der Waals surface area (Å²) in [7, 11) is 0. The van der Waals surface area contributed by atoms with E-state index in [0.717, 1.165) is 6.08 Å². The van der Waals surface area contributed by atoms with Gasteiger partial charge in [-0.05, 0) is 17.7 Å². The second-order valence-electron chi connectivity index (χ2n) is 4.48. The van der Waals surface area contributed by atoms with E-state index < -0.39 is 23.1 Å². The van der Waals surface area contributed by atoms with Crippen LogP contribution < -0.4 is 0 Å². The number of halogens is 1. The van der Waals surface area contributed by atoms with Gasteiger partial charge in [-0.1, -0.05) is 24.3 Å². The lowest BCUT2D eigenvalue weighted by Gasteiger charge is -2.10. The average molecular weight is 394 g/mol. The fourth-order valence-corrected chi connectivity index (χ4v) is 2.63. The van der Waals surface area contributed by atoms with Crippen molar-refractivity contribution < 1.29 is 22.6 Å². The van der Waals surface area contributed by atoms with E-state index in [-0.39, 0.29) is 16.9 Å². The van der Waals surface area contributed by atoms with Crippen molar-refractivity contribution in [2.75, 3.05) is 0 Å². The van der Waals surface area contributed by atoms with Crippen molar-refractivity contribution in [1.82, 2.24) is 0 Å². The number of hydrogen-bond acceptors (Lipinski definition) is 5. The second kappa shape index (κ2) is 4.96. The highest BCUT2D eigenvalue weighted by Crippen LogP contribution is 2.32. The van der Waals surface area contributed by atoms with E-state index in [4.69, 9.17) is 3.07 Å². The molecule has 1 aromatic rings. The van der Waals surface area contributed by atoms with E-state index >= 15 is 0 Å². The van der Waals surface area contributed by atoms with Crippen LogP contribution in [0.1, 0.15) is 20.7 Å². The van der Waals surface area contributed by atoms with Crippen molar-refractivity contribution in [3.8, 4) is 0 Å². The zero-order valence-corrected chi connectivity index (χ0v) is 12.6. The standard InChI is InChI=1S/C15H7IO5/c16-21-11-6-7(5-10(17)15(11)20)12-13(18)8-3-1-2-4-9(8)14(12)19/h1-6,17H. The number of carbonyl (C=O) groups excluding carboxylic acids is 3. The first kappa shape index (κ1) is 13.7. The smallest absolute Gasteiger partial charge is 0.262 e. The Bertz CT molecular complexity index is 761. The first-order chi connectivity index (χ1) is 10.0. The molecular weight excluding hydrogens is 387 g/mol. The second-order valence-corrected chi connectivity index (χ2v) is 4.92. The van der Waals surface area contributed by atoms with Gasteiger partial charge >= 0.3 is 0 Å². The lowest BCUT2D eigenvalue weighted by Crippen LogP contribution is -2.13. The van der Waals surface area contributed by atoms with Crippen LogP contribution in [0.3, 0.4) is 0 Å². The zero-order chi connectivity index (χ0) is 15.1. The van der Waals surface area contributed by atoms with Crippen LogP contribution in [0, 0.1) is 0 Å². The largest absolute Gasteiger partial charge is 0.504 e. The Kier molecular flexibility index (Phi) is 3.25. The summed E-state index contributed by atoms with van der Waals surface area (Å²) in [5, 5.41) is 9.63. The van der Waals surface area contributed by atoms with Gasteiger partial charge < -0.3 is 8.17 Å². The average Bonchev–Trinajstić information content (AvgIpc) is 2.74. The number of allylic oxidation sites excluding steroid dienone is 4. The maximum absolute atomic E-state index is 12.3. The highest BCUT2D eigenvalue weighted by Gasteiger charge is 2.36. The molecule has 0 aromatic heterocycles. The SMILES string of the molecule is O=C1C(O)=CC(=C2C(=O)c3ccccc3C2=O)C=C1OI. The quantitative estimate of drug-likeness (QED) is 0.450. The monoisotopic (exact) mass is 394 g/mol. The highest BCUT2D eigenvalue weighted by atomic mass is 127. The summed E-state index contributed by atoms with van der Waals surface area (Å²) in [6.45, 7) is 0. The molecule has 21 heavy (non-hydrogen) atoms. The number of rotatable bonds is 1. The molecule has 1 N–H and O–H groups in total. The number of carbonyl (C=O) groups is 3. The molecule has 104 valence electrons. The molecule has 0 aliphatic heterocycles.